The lowest BCUT2D eigenvalue weighted by Gasteiger charge is -2.23. The molecule has 0 saturated carbocycles. The van der Waals surface area contributed by atoms with E-state index in [0.717, 1.165) is 0 Å². The maximum atomic E-state index is 12.6. The Morgan fingerprint density at radius 3 is 2.62 bits per heavy atom. The zero-order valence-corrected chi connectivity index (χ0v) is 17.3. The third kappa shape index (κ3) is 5.13. The summed E-state index contributed by atoms with van der Waals surface area (Å²) >= 11 is 7.98. The van der Waals surface area contributed by atoms with E-state index in [-0.39, 0.29) is 18.1 Å². The van der Waals surface area contributed by atoms with E-state index in [1.165, 1.54) is 12.0 Å². The Bertz CT molecular complexity index is 733. The van der Waals surface area contributed by atoms with Gasteiger partial charge in [0, 0.05) is 17.0 Å². The molecule has 26 heavy (non-hydrogen) atoms. The van der Waals surface area contributed by atoms with Crippen molar-refractivity contribution in [3.05, 3.63) is 45.1 Å². The Hall–Kier alpha value is -1.76. The van der Waals surface area contributed by atoms with Gasteiger partial charge in [-0.3, -0.25) is 4.79 Å². The van der Waals surface area contributed by atoms with Gasteiger partial charge in [-0.25, -0.2) is 0 Å². The normalized spacial score (nSPS) is 12.3. The third-order valence-corrected chi connectivity index (χ3v) is 5.05. The van der Waals surface area contributed by atoms with Crippen molar-refractivity contribution in [2.24, 2.45) is 0 Å². The molecule has 0 spiro atoms. The monoisotopic (exact) mass is 396 g/mol. The van der Waals surface area contributed by atoms with Gasteiger partial charge in [0.05, 0.1) is 24.3 Å². The molecule has 1 N–H and O–H groups in total. The molecular weight excluding hydrogens is 372 g/mol. The first kappa shape index (κ1) is 20.6. The number of benzene rings is 1. The number of nitrogens with zero attached hydrogens (tertiary/aromatic N) is 1. The average Bonchev–Trinajstić information content (AvgIpc) is 3.10. The van der Waals surface area contributed by atoms with Crippen LogP contribution in [-0.2, 0) is 0 Å². The number of carbonyl (C=O) groups is 1. The summed E-state index contributed by atoms with van der Waals surface area (Å²) in [7, 11) is 5.52. The van der Waals surface area contributed by atoms with Crippen molar-refractivity contribution in [2.75, 3.05) is 27.7 Å². The number of methoxy groups -OCH3 is 1. The third-order valence-electron chi connectivity index (χ3n) is 3.80. The van der Waals surface area contributed by atoms with Gasteiger partial charge in [-0.05, 0) is 51.5 Å². The van der Waals surface area contributed by atoms with Gasteiger partial charge in [0.1, 0.15) is 0 Å². The fourth-order valence-electron chi connectivity index (χ4n) is 2.51. The summed E-state index contributed by atoms with van der Waals surface area (Å²) in [6.07, 6.45) is -0.0484. The van der Waals surface area contributed by atoms with Gasteiger partial charge in [0.15, 0.2) is 11.5 Å². The second kappa shape index (κ2) is 9.26. The Morgan fingerprint density at radius 2 is 2.08 bits per heavy atom. The Labute approximate surface area is 163 Å². The molecule has 5 nitrogen and oxygen atoms in total. The predicted octanol–water partition coefficient (Wildman–Crippen LogP) is 4.23. The van der Waals surface area contributed by atoms with Crippen LogP contribution in [0.3, 0.4) is 0 Å². The number of nitrogens with one attached hydrogen (secondary N) is 1. The number of likely N-dealkylation sites (N-methyl/N-ethyl adjacent to an activating group) is 1. The van der Waals surface area contributed by atoms with Gasteiger partial charge in [0.2, 0.25) is 0 Å². The minimum absolute atomic E-state index is 0.0484. The number of thiophene rings is 1. The van der Waals surface area contributed by atoms with E-state index in [0.29, 0.717) is 28.6 Å². The minimum Gasteiger partial charge on any atom is -0.493 e. The second-order valence-corrected chi connectivity index (χ2v) is 7.75. The fourth-order valence-corrected chi connectivity index (χ4v) is 3.69. The van der Waals surface area contributed by atoms with Gasteiger partial charge < -0.3 is 19.7 Å². The van der Waals surface area contributed by atoms with Gasteiger partial charge in [-0.15, -0.1) is 11.3 Å². The summed E-state index contributed by atoms with van der Waals surface area (Å²) < 4.78 is 11.0. The van der Waals surface area contributed by atoms with Crippen LogP contribution in [0.25, 0.3) is 0 Å². The van der Waals surface area contributed by atoms with Crippen LogP contribution in [0.4, 0.5) is 0 Å². The minimum atomic E-state index is -0.204. The zero-order chi connectivity index (χ0) is 19.3. The van der Waals surface area contributed by atoms with Crippen LogP contribution in [0.2, 0.25) is 5.02 Å². The first-order valence-electron chi connectivity index (χ1n) is 8.35. The van der Waals surface area contributed by atoms with Gasteiger partial charge >= 0.3 is 0 Å². The van der Waals surface area contributed by atoms with E-state index >= 15 is 0 Å². The fraction of sp³-hybridized carbons (Fsp3) is 0.421. The summed E-state index contributed by atoms with van der Waals surface area (Å²) in [5.41, 5.74) is 0.437. The molecule has 1 heterocycles. The molecule has 0 unspecified atom stereocenters. The Morgan fingerprint density at radius 1 is 1.35 bits per heavy atom. The highest BCUT2D eigenvalue weighted by molar-refractivity contribution is 7.10. The Kier molecular flexibility index (Phi) is 7.32. The van der Waals surface area contributed by atoms with Crippen molar-refractivity contribution in [1.29, 1.82) is 0 Å². The molecule has 0 bridgehead atoms. The van der Waals surface area contributed by atoms with Gasteiger partial charge in [0.25, 0.3) is 5.91 Å². The standard InChI is InChI=1S/C19H25ClN2O3S/c1-12(2)25-18-14(20)9-13(10-16(18)24-5)19(23)21-11-15(22(3)4)17-7-6-8-26-17/h6-10,12,15H,11H2,1-5H3,(H,21,23)/t15-/m0/s1. The van der Waals surface area contributed by atoms with Crippen molar-refractivity contribution < 1.29 is 14.3 Å². The molecular formula is C19H25ClN2O3S. The molecule has 0 aliphatic rings. The highest BCUT2D eigenvalue weighted by Crippen LogP contribution is 2.37. The molecule has 1 atom stereocenters. The number of halogens is 1. The first-order chi connectivity index (χ1) is 12.3. The Balaban J connectivity index is 2.15. The lowest BCUT2D eigenvalue weighted by molar-refractivity contribution is 0.0942. The topological polar surface area (TPSA) is 50.8 Å². The number of rotatable bonds is 8. The van der Waals surface area contributed by atoms with Crippen LogP contribution in [0, 0.1) is 0 Å². The van der Waals surface area contributed by atoms with E-state index in [4.69, 9.17) is 21.1 Å². The molecule has 1 aromatic heterocycles. The lowest BCUT2D eigenvalue weighted by Crippen LogP contribution is -2.34. The van der Waals surface area contributed by atoms with Crippen molar-refractivity contribution in [3.63, 3.8) is 0 Å². The van der Waals surface area contributed by atoms with Gasteiger partial charge in [-0.1, -0.05) is 17.7 Å². The maximum Gasteiger partial charge on any atom is 0.251 e. The van der Waals surface area contributed by atoms with Crippen molar-refractivity contribution in [1.82, 2.24) is 10.2 Å². The summed E-state index contributed by atoms with van der Waals surface area (Å²) in [5.74, 6) is 0.689. The lowest BCUT2D eigenvalue weighted by atomic mass is 10.1. The number of hydrogen-bond donors (Lipinski definition) is 1. The van der Waals surface area contributed by atoms with Crippen LogP contribution in [0.15, 0.2) is 29.6 Å². The molecule has 0 saturated heterocycles. The van der Waals surface area contributed by atoms with E-state index in [9.17, 15) is 4.79 Å². The molecule has 142 valence electrons. The van der Waals surface area contributed by atoms with E-state index in [1.807, 2.05) is 39.4 Å². The van der Waals surface area contributed by atoms with Crippen LogP contribution in [0.5, 0.6) is 11.5 Å². The van der Waals surface area contributed by atoms with E-state index < -0.39 is 0 Å². The van der Waals surface area contributed by atoms with Crippen LogP contribution < -0.4 is 14.8 Å². The molecule has 0 aliphatic heterocycles. The number of carbonyl (C=O) groups excluding carboxylic acids is 1. The SMILES string of the molecule is COc1cc(C(=O)NC[C@@H](c2cccs2)N(C)C)cc(Cl)c1OC(C)C. The number of hydrogen-bond acceptors (Lipinski definition) is 5. The predicted molar refractivity (Wildman–Crippen MR) is 107 cm³/mol. The molecule has 0 aliphatic carbocycles. The van der Waals surface area contributed by atoms with E-state index in [2.05, 4.69) is 16.3 Å². The summed E-state index contributed by atoms with van der Waals surface area (Å²) in [5, 5.41) is 5.36. The van der Waals surface area contributed by atoms with Crippen molar-refractivity contribution in [2.45, 2.75) is 26.0 Å². The van der Waals surface area contributed by atoms with Crippen LogP contribution in [0.1, 0.15) is 35.1 Å². The van der Waals surface area contributed by atoms with E-state index in [1.54, 1.807) is 23.5 Å². The quantitative estimate of drug-likeness (QED) is 0.725. The summed E-state index contributed by atoms with van der Waals surface area (Å²) in [4.78, 5) is 15.9. The molecule has 2 aromatic rings. The largest absolute Gasteiger partial charge is 0.493 e. The zero-order valence-electron chi connectivity index (χ0n) is 15.7. The molecule has 7 heteroatoms. The highest BCUT2D eigenvalue weighted by Gasteiger charge is 2.19. The molecule has 2 rings (SSSR count). The smallest absolute Gasteiger partial charge is 0.251 e. The summed E-state index contributed by atoms with van der Waals surface area (Å²) in [6, 6.07) is 7.44. The first-order valence-corrected chi connectivity index (χ1v) is 9.61. The number of amides is 1. The second-order valence-electron chi connectivity index (χ2n) is 6.36. The summed E-state index contributed by atoms with van der Waals surface area (Å²) in [6.45, 7) is 4.31. The van der Waals surface area contributed by atoms with Gasteiger partial charge in [-0.2, -0.15) is 0 Å². The van der Waals surface area contributed by atoms with Crippen molar-refractivity contribution >= 4 is 28.8 Å². The molecule has 0 radical (unpaired) electrons. The molecule has 1 amide bonds. The molecule has 0 fully saturated rings. The van der Waals surface area contributed by atoms with Crippen LogP contribution >= 0.6 is 22.9 Å². The average molecular weight is 397 g/mol. The maximum absolute atomic E-state index is 12.6. The highest BCUT2D eigenvalue weighted by atomic mass is 35.5. The van der Waals surface area contributed by atoms with Crippen molar-refractivity contribution in [3.8, 4) is 11.5 Å². The van der Waals surface area contributed by atoms with Crippen LogP contribution in [-0.4, -0.2) is 44.7 Å². The number of ether oxygens (including phenoxy) is 2. The molecule has 1 aromatic carbocycles.